The number of ether oxygens (including phenoxy) is 1. The molecule has 20 heavy (non-hydrogen) atoms. The van der Waals surface area contributed by atoms with E-state index in [2.05, 4.69) is 15.9 Å². The standard InChI is InChI=1S/C16H13BrClFO/c1-9-4-11(18)2-3-14(9)15-7-12(19)5-10-6-13(8-17)20-16(10)15/h2-5,7,13H,6,8H2,1H3/t13-/m1/s1. The normalized spacial score (nSPS) is 16.9. The van der Waals surface area contributed by atoms with Crippen molar-refractivity contribution in [3.63, 3.8) is 0 Å². The summed E-state index contributed by atoms with van der Waals surface area (Å²) >= 11 is 9.41. The van der Waals surface area contributed by atoms with Crippen LogP contribution >= 0.6 is 27.5 Å². The fourth-order valence-corrected chi connectivity index (χ4v) is 3.20. The minimum atomic E-state index is -0.230. The van der Waals surface area contributed by atoms with Crippen molar-refractivity contribution in [1.82, 2.24) is 0 Å². The van der Waals surface area contributed by atoms with Crippen LogP contribution in [0.5, 0.6) is 5.75 Å². The molecule has 104 valence electrons. The Morgan fingerprint density at radius 2 is 2.10 bits per heavy atom. The fourth-order valence-electron chi connectivity index (χ4n) is 2.61. The van der Waals surface area contributed by atoms with E-state index in [9.17, 15) is 4.39 Å². The molecule has 3 rings (SSSR count). The summed E-state index contributed by atoms with van der Waals surface area (Å²) in [5, 5.41) is 1.42. The van der Waals surface area contributed by atoms with Crippen LogP contribution in [0, 0.1) is 12.7 Å². The van der Waals surface area contributed by atoms with Gasteiger partial charge < -0.3 is 4.74 Å². The van der Waals surface area contributed by atoms with E-state index in [4.69, 9.17) is 16.3 Å². The van der Waals surface area contributed by atoms with Gasteiger partial charge in [-0.3, -0.25) is 0 Å². The molecule has 2 aromatic carbocycles. The number of benzene rings is 2. The lowest BCUT2D eigenvalue weighted by atomic mass is 9.97. The molecule has 0 aromatic heterocycles. The third-order valence-corrected chi connectivity index (χ3v) is 4.47. The summed E-state index contributed by atoms with van der Waals surface area (Å²) in [7, 11) is 0. The Kier molecular flexibility index (Phi) is 3.74. The lowest BCUT2D eigenvalue weighted by Crippen LogP contribution is -2.13. The van der Waals surface area contributed by atoms with E-state index in [0.29, 0.717) is 5.02 Å². The first-order valence-corrected chi connectivity index (χ1v) is 7.90. The van der Waals surface area contributed by atoms with E-state index in [1.54, 1.807) is 6.07 Å². The number of alkyl halides is 1. The second-order valence-electron chi connectivity index (χ2n) is 5.00. The Bertz CT molecular complexity index is 672. The highest BCUT2D eigenvalue weighted by molar-refractivity contribution is 9.09. The average Bonchev–Trinajstić information content (AvgIpc) is 2.81. The molecule has 0 aliphatic carbocycles. The summed E-state index contributed by atoms with van der Waals surface area (Å²) in [5.41, 5.74) is 3.70. The number of rotatable bonds is 2. The highest BCUT2D eigenvalue weighted by Crippen LogP contribution is 2.41. The monoisotopic (exact) mass is 354 g/mol. The maximum absolute atomic E-state index is 13.9. The van der Waals surface area contributed by atoms with Gasteiger partial charge in [-0.15, -0.1) is 0 Å². The Hall–Kier alpha value is -1.06. The maximum Gasteiger partial charge on any atom is 0.131 e. The van der Waals surface area contributed by atoms with E-state index in [1.165, 1.54) is 6.07 Å². The largest absolute Gasteiger partial charge is 0.488 e. The van der Waals surface area contributed by atoms with Crippen molar-refractivity contribution >= 4 is 27.5 Å². The summed E-state index contributed by atoms with van der Waals surface area (Å²) < 4.78 is 19.8. The molecule has 0 fully saturated rings. The Morgan fingerprint density at radius 1 is 1.30 bits per heavy atom. The van der Waals surface area contributed by atoms with Gasteiger partial charge in [0, 0.05) is 27.9 Å². The number of fused-ring (bicyclic) bond motifs is 1. The van der Waals surface area contributed by atoms with E-state index in [-0.39, 0.29) is 11.9 Å². The average molecular weight is 356 g/mol. The Morgan fingerprint density at radius 3 is 2.80 bits per heavy atom. The lowest BCUT2D eigenvalue weighted by Gasteiger charge is -2.13. The van der Waals surface area contributed by atoms with Gasteiger partial charge in [0.1, 0.15) is 17.7 Å². The third kappa shape index (κ3) is 2.45. The maximum atomic E-state index is 13.9. The lowest BCUT2D eigenvalue weighted by molar-refractivity contribution is 0.261. The molecule has 1 aliphatic heterocycles. The predicted molar refractivity (Wildman–Crippen MR) is 83.5 cm³/mol. The summed E-state index contributed by atoms with van der Waals surface area (Å²) in [6.07, 6.45) is 0.802. The van der Waals surface area contributed by atoms with Crippen LogP contribution in [0.3, 0.4) is 0 Å². The molecule has 2 aromatic rings. The molecule has 0 amide bonds. The van der Waals surface area contributed by atoms with Crippen molar-refractivity contribution < 1.29 is 9.13 Å². The zero-order chi connectivity index (χ0) is 14.3. The first-order chi connectivity index (χ1) is 9.58. The summed E-state index contributed by atoms with van der Waals surface area (Å²) in [6, 6.07) is 8.71. The van der Waals surface area contributed by atoms with Crippen LogP contribution in [-0.2, 0) is 6.42 Å². The Labute approximate surface area is 130 Å². The Balaban J connectivity index is 2.15. The molecular formula is C16H13BrClFO. The van der Waals surface area contributed by atoms with E-state index >= 15 is 0 Å². The van der Waals surface area contributed by atoms with Gasteiger partial charge in [0.2, 0.25) is 0 Å². The van der Waals surface area contributed by atoms with Crippen LogP contribution in [0.1, 0.15) is 11.1 Å². The van der Waals surface area contributed by atoms with Crippen LogP contribution in [-0.4, -0.2) is 11.4 Å². The first-order valence-electron chi connectivity index (χ1n) is 6.40. The first kappa shape index (κ1) is 13.9. The molecule has 1 aliphatic rings. The van der Waals surface area contributed by atoms with Crippen molar-refractivity contribution in [3.8, 4) is 16.9 Å². The van der Waals surface area contributed by atoms with Crippen molar-refractivity contribution in [1.29, 1.82) is 0 Å². The molecule has 0 spiro atoms. The highest BCUT2D eigenvalue weighted by Gasteiger charge is 2.26. The molecule has 0 saturated carbocycles. The van der Waals surface area contributed by atoms with Gasteiger partial charge in [-0.1, -0.05) is 33.6 Å². The van der Waals surface area contributed by atoms with Crippen LogP contribution in [0.15, 0.2) is 30.3 Å². The molecule has 0 N–H and O–H groups in total. The zero-order valence-electron chi connectivity index (χ0n) is 10.9. The number of hydrogen-bond acceptors (Lipinski definition) is 1. The summed E-state index contributed by atoms with van der Waals surface area (Å²) in [4.78, 5) is 0. The van der Waals surface area contributed by atoms with Crippen molar-refractivity contribution in [3.05, 3.63) is 52.3 Å². The zero-order valence-corrected chi connectivity index (χ0v) is 13.3. The van der Waals surface area contributed by atoms with E-state index < -0.39 is 0 Å². The van der Waals surface area contributed by atoms with Gasteiger partial charge >= 0.3 is 0 Å². The molecule has 0 radical (unpaired) electrons. The molecule has 1 nitrogen and oxygen atoms in total. The second-order valence-corrected chi connectivity index (χ2v) is 6.08. The molecule has 0 bridgehead atoms. The molecule has 4 heteroatoms. The molecule has 0 saturated heterocycles. The minimum absolute atomic E-state index is 0.0677. The number of aryl methyl sites for hydroxylation is 1. The van der Waals surface area contributed by atoms with Gasteiger partial charge in [-0.05, 0) is 42.3 Å². The SMILES string of the molecule is Cc1cc(Cl)ccc1-c1cc(F)cc2c1O[C@@H](CBr)C2. The van der Waals surface area contributed by atoms with Gasteiger partial charge in [0.15, 0.2) is 0 Å². The van der Waals surface area contributed by atoms with Crippen molar-refractivity contribution in [2.24, 2.45) is 0 Å². The van der Waals surface area contributed by atoms with Gasteiger partial charge in [-0.25, -0.2) is 4.39 Å². The smallest absolute Gasteiger partial charge is 0.131 e. The quantitative estimate of drug-likeness (QED) is 0.677. The van der Waals surface area contributed by atoms with Crippen LogP contribution in [0.2, 0.25) is 5.02 Å². The second kappa shape index (κ2) is 5.38. The van der Waals surface area contributed by atoms with Gasteiger partial charge in [-0.2, -0.15) is 0 Å². The molecule has 1 atom stereocenters. The molecule has 0 unspecified atom stereocenters. The highest BCUT2D eigenvalue weighted by atomic mass is 79.9. The van der Waals surface area contributed by atoms with Crippen LogP contribution < -0.4 is 4.74 Å². The number of hydrogen-bond donors (Lipinski definition) is 0. The number of halogens is 3. The van der Waals surface area contributed by atoms with E-state index in [1.807, 2.05) is 25.1 Å². The summed E-state index contributed by atoms with van der Waals surface area (Å²) in [6.45, 7) is 1.97. The van der Waals surface area contributed by atoms with Crippen molar-refractivity contribution in [2.45, 2.75) is 19.4 Å². The topological polar surface area (TPSA) is 9.23 Å². The van der Waals surface area contributed by atoms with Crippen molar-refractivity contribution in [2.75, 3.05) is 5.33 Å². The fraction of sp³-hybridized carbons (Fsp3) is 0.250. The van der Waals surface area contributed by atoms with Gasteiger partial charge in [0.05, 0.1) is 0 Å². The van der Waals surface area contributed by atoms with E-state index in [0.717, 1.165) is 39.8 Å². The molecular weight excluding hydrogens is 343 g/mol. The van der Waals surface area contributed by atoms with Gasteiger partial charge in [0.25, 0.3) is 0 Å². The minimum Gasteiger partial charge on any atom is -0.488 e. The van der Waals surface area contributed by atoms with Crippen LogP contribution in [0.25, 0.3) is 11.1 Å². The molecule has 1 heterocycles. The predicted octanol–water partition coefficient (Wildman–Crippen LogP) is 5.15. The van der Waals surface area contributed by atoms with Crippen LogP contribution in [0.4, 0.5) is 4.39 Å². The summed E-state index contributed by atoms with van der Waals surface area (Å²) in [5.74, 6) is 0.563. The third-order valence-electron chi connectivity index (χ3n) is 3.51.